The number of aliphatic hydroxyl groups is 1. The zero-order valence-electron chi connectivity index (χ0n) is 11.0. The molecule has 0 radical (unpaired) electrons. The van der Waals surface area contributed by atoms with Gasteiger partial charge in [0.15, 0.2) is 0 Å². The Morgan fingerprint density at radius 3 is 2.85 bits per heavy atom. The minimum atomic E-state index is -3.99. The van der Waals surface area contributed by atoms with Gasteiger partial charge in [-0.25, -0.2) is 12.8 Å². The number of aliphatic hydroxyl groups excluding tert-OH is 1. The Hall–Kier alpha value is -1.22. The van der Waals surface area contributed by atoms with Crippen molar-refractivity contribution >= 4 is 15.7 Å². The van der Waals surface area contributed by atoms with Crippen molar-refractivity contribution in [2.75, 3.05) is 25.5 Å². The number of morpholine rings is 1. The summed E-state index contributed by atoms with van der Waals surface area (Å²) < 4.78 is 45.3. The van der Waals surface area contributed by atoms with Gasteiger partial charge in [-0.05, 0) is 25.1 Å². The van der Waals surface area contributed by atoms with Crippen LogP contribution >= 0.6 is 0 Å². The van der Waals surface area contributed by atoms with Gasteiger partial charge in [-0.1, -0.05) is 0 Å². The number of hydrogen-bond donors (Lipinski definition) is 2. The summed E-state index contributed by atoms with van der Waals surface area (Å²) in [6.45, 7) is 1.52. The van der Waals surface area contributed by atoms with Crippen LogP contribution in [0.15, 0.2) is 23.1 Å². The maximum Gasteiger partial charge on any atom is 0.246 e. The summed E-state index contributed by atoms with van der Waals surface area (Å²) in [4.78, 5) is -0.419. The molecule has 1 aliphatic heterocycles. The lowest BCUT2D eigenvalue weighted by molar-refractivity contribution is -0.0516. The first kappa shape index (κ1) is 15.2. The highest BCUT2D eigenvalue weighted by Gasteiger charge is 2.36. The molecule has 1 aromatic rings. The fourth-order valence-electron chi connectivity index (χ4n) is 2.09. The molecule has 0 spiro atoms. The summed E-state index contributed by atoms with van der Waals surface area (Å²) in [6.07, 6.45) is -0.599. The highest BCUT2D eigenvalue weighted by atomic mass is 32.2. The van der Waals surface area contributed by atoms with Crippen LogP contribution in [-0.2, 0) is 14.8 Å². The van der Waals surface area contributed by atoms with Crippen molar-refractivity contribution < 1.29 is 22.7 Å². The lowest BCUT2D eigenvalue weighted by Gasteiger charge is -2.36. The first-order chi connectivity index (χ1) is 9.36. The number of hydrogen-bond acceptors (Lipinski definition) is 5. The molecule has 1 aromatic carbocycles. The highest BCUT2D eigenvalue weighted by molar-refractivity contribution is 7.89. The molecule has 0 saturated carbocycles. The molecule has 0 aromatic heterocycles. The Labute approximate surface area is 117 Å². The smallest absolute Gasteiger partial charge is 0.246 e. The fraction of sp³-hybridized carbons (Fsp3) is 0.500. The second-order valence-corrected chi connectivity index (χ2v) is 6.61. The minimum Gasteiger partial charge on any atom is -0.399 e. The van der Waals surface area contributed by atoms with Crippen LogP contribution in [0, 0.1) is 5.82 Å². The summed E-state index contributed by atoms with van der Waals surface area (Å²) >= 11 is 0. The van der Waals surface area contributed by atoms with E-state index >= 15 is 0 Å². The van der Waals surface area contributed by atoms with Gasteiger partial charge in [0.1, 0.15) is 10.7 Å². The summed E-state index contributed by atoms with van der Waals surface area (Å²) in [5, 5.41) is 9.09. The van der Waals surface area contributed by atoms with Crippen LogP contribution in [0.25, 0.3) is 0 Å². The summed E-state index contributed by atoms with van der Waals surface area (Å²) in [5.74, 6) is -0.885. The van der Waals surface area contributed by atoms with Crippen LogP contribution in [-0.4, -0.2) is 49.7 Å². The molecule has 1 aliphatic rings. The summed E-state index contributed by atoms with van der Waals surface area (Å²) in [5.41, 5.74) is 5.58. The summed E-state index contributed by atoms with van der Waals surface area (Å²) in [6, 6.07) is 3.03. The quantitative estimate of drug-likeness (QED) is 0.777. The first-order valence-electron chi connectivity index (χ1n) is 6.15. The van der Waals surface area contributed by atoms with Gasteiger partial charge in [0.25, 0.3) is 0 Å². The SMILES string of the molecule is CC1COC(CO)CN1S(=O)(=O)c1ccc(N)cc1F. The van der Waals surface area contributed by atoms with E-state index in [9.17, 15) is 12.8 Å². The molecule has 112 valence electrons. The molecule has 2 unspecified atom stereocenters. The lowest BCUT2D eigenvalue weighted by Crippen LogP contribution is -2.51. The predicted octanol–water partition coefficient (Wildman–Crippen LogP) is 0.178. The maximum atomic E-state index is 13.8. The number of anilines is 1. The molecule has 3 N–H and O–H groups in total. The first-order valence-corrected chi connectivity index (χ1v) is 7.59. The van der Waals surface area contributed by atoms with Gasteiger partial charge in [0.2, 0.25) is 10.0 Å². The van der Waals surface area contributed by atoms with Crippen molar-refractivity contribution in [2.24, 2.45) is 0 Å². The predicted molar refractivity (Wildman–Crippen MR) is 71.0 cm³/mol. The van der Waals surface area contributed by atoms with Crippen LogP contribution in [0.2, 0.25) is 0 Å². The molecular formula is C12H17FN2O4S. The second-order valence-electron chi connectivity index (χ2n) is 4.75. The van der Waals surface area contributed by atoms with Crippen LogP contribution in [0.3, 0.4) is 0 Å². The van der Waals surface area contributed by atoms with Crippen molar-refractivity contribution in [1.82, 2.24) is 4.31 Å². The molecule has 8 heteroatoms. The average Bonchev–Trinajstić information content (AvgIpc) is 2.38. The van der Waals surface area contributed by atoms with Crippen molar-refractivity contribution in [3.8, 4) is 0 Å². The van der Waals surface area contributed by atoms with Crippen LogP contribution < -0.4 is 5.73 Å². The molecule has 20 heavy (non-hydrogen) atoms. The number of halogens is 1. The molecule has 2 rings (SSSR count). The van der Waals surface area contributed by atoms with E-state index in [1.807, 2.05) is 0 Å². The number of benzene rings is 1. The molecule has 1 fully saturated rings. The second kappa shape index (κ2) is 5.65. The van der Waals surface area contributed by atoms with E-state index in [2.05, 4.69) is 0 Å². The van der Waals surface area contributed by atoms with E-state index in [1.165, 1.54) is 6.07 Å². The Bertz CT molecular complexity index is 593. The van der Waals surface area contributed by atoms with E-state index in [1.54, 1.807) is 6.92 Å². The van der Waals surface area contributed by atoms with Gasteiger partial charge in [-0.3, -0.25) is 0 Å². The molecular weight excluding hydrogens is 287 g/mol. The fourth-order valence-corrected chi connectivity index (χ4v) is 3.79. The van der Waals surface area contributed by atoms with Gasteiger partial charge < -0.3 is 15.6 Å². The normalized spacial score (nSPS) is 24.8. The largest absolute Gasteiger partial charge is 0.399 e. The van der Waals surface area contributed by atoms with Gasteiger partial charge in [-0.2, -0.15) is 4.31 Å². The van der Waals surface area contributed by atoms with Crippen molar-refractivity contribution in [3.63, 3.8) is 0 Å². The van der Waals surface area contributed by atoms with Crippen LogP contribution in [0.5, 0.6) is 0 Å². The Kier molecular flexibility index (Phi) is 4.28. The number of sulfonamides is 1. The van der Waals surface area contributed by atoms with E-state index < -0.39 is 32.9 Å². The van der Waals surface area contributed by atoms with E-state index in [-0.39, 0.29) is 25.4 Å². The maximum absolute atomic E-state index is 13.8. The van der Waals surface area contributed by atoms with E-state index in [0.717, 1.165) is 16.4 Å². The third kappa shape index (κ3) is 2.78. The third-order valence-corrected chi connectivity index (χ3v) is 5.21. The Morgan fingerprint density at radius 1 is 1.55 bits per heavy atom. The average molecular weight is 304 g/mol. The molecule has 0 amide bonds. The summed E-state index contributed by atoms with van der Waals surface area (Å²) in [7, 11) is -3.99. The van der Waals surface area contributed by atoms with E-state index in [0.29, 0.717) is 0 Å². The number of nitrogen functional groups attached to an aromatic ring is 1. The molecule has 2 atom stereocenters. The minimum absolute atomic E-state index is 0.0101. The van der Waals surface area contributed by atoms with Crippen molar-refractivity contribution in [1.29, 1.82) is 0 Å². The van der Waals surface area contributed by atoms with Crippen molar-refractivity contribution in [3.05, 3.63) is 24.0 Å². The van der Waals surface area contributed by atoms with Gasteiger partial charge in [0.05, 0.1) is 19.3 Å². The number of nitrogens with zero attached hydrogens (tertiary/aromatic N) is 1. The standard InChI is InChI=1S/C12H17FN2O4S/c1-8-7-19-10(6-16)5-15(8)20(17,18)12-3-2-9(14)4-11(12)13/h2-4,8,10,16H,5-7,14H2,1H3. The molecule has 1 saturated heterocycles. The Balaban J connectivity index is 2.38. The Morgan fingerprint density at radius 2 is 2.25 bits per heavy atom. The zero-order valence-corrected chi connectivity index (χ0v) is 11.8. The molecule has 0 aliphatic carbocycles. The van der Waals surface area contributed by atoms with Gasteiger partial charge in [-0.15, -0.1) is 0 Å². The van der Waals surface area contributed by atoms with Crippen LogP contribution in [0.1, 0.15) is 6.92 Å². The van der Waals surface area contributed by atoms with Crippen LogP contribution in [0.4, 0.5) is 10.1 Å². The molecule has 6 nitrogen and oxygen atoms in total. The van der Waals surface area contributed by atoms with E-state index in [4.69, 9.17) is 15.6 Å². The molecule has 0 bridgehead atoms. The van der Waals surface area contributed by atoms with Gasteiger partial charge in [0, 0.05) is 18.3 Å². The third-order valence-electron chi connectivity index (χ3n) is 3.19. The number of nitrogens with two attached hydrogens (primary N) is 1. The highest BCUT2D eigenvalue weighted by Crippen LogP contribution is 2.25. The van der Waals surface area contributed by atoms with Gasteiger partial charge >= 0.3 is 0 Å². The topological polar surface area (TPSA) is 92.9 Å². The number of ether oxygens (including phenoxy) is 1. The van der Waals surface area contributed by atoms with Crippen molar-refractivity contribution in [2.45, 2.75) is 24.0 Å². The monoisotopic (exact) mass is 304 g/mol. The lowest BCUT2D eigenvalue weighted by atomic mass is 10.2. The number of rotatable bonds is 3. The zero-order chi connectivity index (χ0) is 14.9. The molecule has 1 heterocycles.